The van der Waals surface area contributed by atoms with E-state index in [1.165, 1.54) is 0 Å². The van der Waals surface area contributed by atoms with Gasteiger partial charge in [-0.25, -0.2) is 0 Å². The lowest BCUT2D eigenvalue weighted by molar-refractivity contribution is 0.354. The summed E-state index contributed by atoms with van der Waals surface area (Å²) in [6, 6.07) is 5.75. The largest absolute Gasteiger partial charge is 0.493 e. The van der Waals surface area contributed by atoms with Crippen molar-refractivity contribution in [3.8, 4) is 11.5 Å². The maximum Gasteiger partial charge on any atom is 0.223 e. The molecule has 1 aromatic carbocycles. The lowest BCUT2D eigenvalue weighted by Gasteiger charge is -2.12. The molecular weight excluding hydrogens is 298 g/mol. The number of methoxy groups -OCH3 is 2. The molecule has 0 aliphatic rings. The van der Waals surface area contributed by atoms with Crippen molar-refractivity contribution in [2.24, 2.45) is 4.99 Å². The zero-order valence-electron chi connectivity index (χ0n) is 13.7. The molecule has 0 aliphatic carbocycles. The summed E-state index contributed by atoms with van der Waals surface area (Å²) >= 11 is 0. The number of ether oxygens (including phenoxy) is 2. The first-order chi connectivity index (χ1) is 11.2. The maximum atomic E-state index is 5.29. The Hall–Kier alpha value is -2.77. The van der Waals surface area contributed by atoms with Gasteiger partial charge in [-0.1, -0.05) is 11.2 Å². The van der Waals surface area contributed by atoms with E-state index in [0.29, 0.717) is 42.3 Å². The predicted molar refractivity (Wildman–Crippen MR) is 85.6 cm³/mol. The number of aryl methyl sites for hydroxylation is 1. The van der Waals surface area contributed by atoms with Gasteiger partial charge in [-0.05, 0) is 17.7 Å². The molecule has 0 radical (unpaired) electrons. The van der Waals surface area contributed by atoms with Gasteiger partial charge < -0.3 is 24.6 Å². The molecule has 0 saturated carbocycles. The highest BCUT2D eigenvalue weighted by Gasteiger charge is 2.06. The minimum atomic E-state index is 0.433. The van der Waals surface area contributed by atoms with Crippen LogP contribution in [0.25, 0.3) is 0 Å². The highest BCUT2D eigenvalue weighted by Crippen LogP contribution is 2.27. The first-order valence-electron chi connectivity index (χ1n) is 7.11. The number of rotatable bonds is 6. The monoisotopic (exact) mass is 319 g/mol. The Bertz CT molecular complexity index is 669. The van der Waals surface area contributed by atoms with Crippen LogP contribution in [-0.4, -0.2) is 37.4 Å². The zero-order valence-corrected chi connectivity index (χ0v) is 13.7. The van der Waals surface area contributed by atoms with Crippen molar-refractivity contribution >= 4 is 5.96 Å². The second-order valence-corrected chi connectivity index (χ2v) is 4.70. The van der Waals surface area contributed by atoms with E-state index in [1.54, 1.807) is 28.2 Å². The summed E-state index contributed by atoms with van der Waals surface area (Å²) < 4.78 is 15.4. The number of hydrogen-bond acceptors (Lipinski definition) is 6. The minimum Gasteiger partial charge on any atom is -0.493 e. The van der Waals surface area contributed by atoms with E-state index in [9.17, 15) is 0 Å². The Morgan fingerprint density at radius 1 is 1.17 bits per heavy atom. The number of aromatic nitrogens is 2. The van der Waals surface area contributed by atoms with Crippen molar-refractivity contribution in [2.75, 3.05) is 21.3 Å². The summed E-state index contributed by atoms with van der Waals surface area (Å²) in [5.74, 6) is 3.15. The molecular formula is C15H21N5O3. The second-order valence-electron chi connectivity index (χ2n) is 4.70. The first-order valence-corrected chi connectivity index (χ1v) is 7.11. The minimum absolute atomic E-state index is 0.433. The maximum absolute atomic E-state index is 5.29. The van der Waals surface area contributed by atoms with Gasteiger partial charge in [0.25, 0.3) is 0 Å². The van der Waals surface area contributed by atoms with Crippen LogP contribution in [0, 0.1) is 6.92 Å². The Morgan fingerprint density at radius 3 is 2.52 bits per heavy atom. The molecule has 1 heterocycles. The van der Waals surface area contributed by atoms with E-state index in [4.69, 9.17) is 14.0 Å². The topological polar surface area (TPSA) is 93.8 Å². The average Bonchev–Trinajstić information content (AvgIpc) is 3.00. The van der Waals surface area contributed by atoms with Gasteiger partial charge >= 0.3 is 0 Å². The van der Waals surface area contributed by atoms with Crippen LogP contribution in [0.2, 0.25) is 0 Å². The van der Waals surface area contributed by atoms with Crippen molar-refractivity contribution in [3.05, 3.63) is 35.5 Å². The zero-order chi connectivity index (χ0) is 16.7. The molecule has 2 rings (SSSR count). The normalized spacial score (nSPS) is 11.2. The van der Waals surface area contributed by atoms with Gasteiger partial charge in [-0.15, -0.1) is 0 Å². The summed E-state index contributed by atoms with van der Waals surface area (Å²) in [5, 5.41) is 10.1. The van der Waals surface area contributed by atoms with Crippen molar-refractivity contribution in [1.29, 1.82) is 0 Å². The summed E-state index contributed by atoms with van der Waals surface area (Å²) in [7, 11) is 4.93. The molecule has 0 saturated heterocycles. The lowest BCUT2D eigenvalue weighted by atomic mass is 10.2. The first kappa shape index (κ1) is 16.6. The number of aliphatic imine (C=N–C) groups is 1. The van der Waals surface area contributed by atoms with E-state index >= 15 is 0 Å². The Morgan fingerprint density at radius 2 is 1.91 bits per heavy atom. The fourth-order valence-electron chi connectivity index (χ4n) is 1.97. The molecule has 0 unspecified atom stereocenters. The summed E-state index contributed by atoms with van der Waals surface area (Å²) in [6.07, 6.45) is 0. The molecule has 23 heavy (non-hydrogen) atoms. The molecule has 124 valence electrons. The highest BCUT2D eigenvalue weighted by molar-refractivity contribution is 5.79. The van der Waals surface area contributed by atoms with Crippen LogP contribution in [-0.2, 0) is 13.1 Å². The van der Waals surface area contributed by atoms with E-state index < -0.39 is 0 Å². The molecule has 8 nitrogen and oxygen atoms in total. The molecule has 0 atom stereocenters. The van der Waals surface area contributed by atoms with Crippen molar-refractivity contribution in [1.82, 2.24) is 20.8 Å². The van der Waals surface area contributed by atoms with Crippen LogP contribution in [0.3, 0.4) is 0 Å². The Kier molecular flexibility index (Phi) is 5.79. The lowest BCUT2D eigenvalue weighted by Crippen LogP contribution is -2.36. The Labute approximate surface area is 134 Å². The van der Waals surface area contributed by atoms with Gasteiger partial charge in [0.1, 0.15) is 0 Å². The third-order valence-electron chi connectivity index (χ3n) is 3.12. The van der Waals surface area contributed by atoms with E-state index in [2.05, 4.69) is 25.8 Å². The van der Waals surface area contributed by atoms with Crippen molar-refractivity contribution in [2.45, 2.75) is 20.0 Å². The van der Waals surface area contributed by atoms with Crippen LogP contribution in [0.15, 0.2) is 27.7 Å². The van der Waals surface area contributed by atoms with Crippen molar-refractivity contribution in [3.63, 3.8) is 0 Å². The molecule has 0 aliphatic heterocycles. The summed E-state index contributed by atoms with van der Waals surface area (Å²) in [5.41, 5.74) is 1.04. The van der Waals surface area contributed by atoms with Gasteiger partial charge in [0.15, 0.2) is 23.3 Å². The summed E-state index contributed by atoms with van der Waals surface area (Å²) in [4.78, 5) is 8.28. The van der Waals surface area contributed by atoms with Gasteiger partial charge in [-0.2, -0.15) is 4.98 Å². The average molecular weight is 319 g/mol. The third kappa shape index (κ3) is 4.60. The molecule has 0 bridgehead atoms. The molecule has 2 aromatic rings. The molecule has 0 fully saturated rings. The van der Waals surface area contributed by atoms with Crippen molar-refractivity contribution < 1.29 is 14.0 Å². The van der Waals surface area contributed by atoms with Crippen LogP contribution in [0.1, 0.15) is 17.3 Å². The van der Waals surface area contributed by atoms with Crippen LogP contribution in [0.4, 0.5) is 0 Å². The SMILES string of the molecule is CN=C(NCc1ccc(OC)c(OC)c1)NCc1noc(C)n1. The van der Waals surface area contributed by atoms with Gasteiger partial charge in [-0.3, -0.25) is 4.99 Å². The molecule has 0 amide bonds. The number of hydrogen-bond donors (Lipinski definition) is 2. The molecule has 8 heteroatoms. The number of benzene rings is 1. The molecule has 1 aromatic heterocycles. The van der Waals surface area contributed by atoms with Gasteiger partial charge in [0.05, 0.1) is 20.8 Å². The van der Waals surface area contributed by atoms with E-state index in [1.807, 2.05) is 18.2 Å². The number of nitrogens with one attached hydrogen (secondary N) is 2. The predicted octanol–water partition coefficient (Wildman–Crippen LogP) is 1.26. The van der Waals surface area contributed by atoms with Crippen LogP contribution < -0.4 is 20.1 Å². The van der Waals surface area contributed by atoms with Crippen LogP contribution >= 0.6 is 0 Å². The standard InChI is InChI=1S/C15H21N5O3/c1-10-19-14(20-23-10)9-18-15(16-2)17-8-11-5-6-12(21-3)13(7-11)22-4/h5-7H,8-9H2,1-4H3,(H2,16,17,18). The second kappa shape index (κ2) is 8.02. The van der Waals surface area contributed by atoms with E-state index in [0.717, 1.165) is 5.56 Å². The molecule has 0 spiro atoms. The number of nitrogens with zero attached hydrogens (tertiary/aromatic N) is 3. The number of guanidine groups is 1. The smallest absolute Gasteiger partial charge is 0.223 e. The third-order valence-corrected chi connectivity index (χ3v) is 3.12. The Balaban J connectivity index is 1.90. The van der Waals surface area contributed by atoms with E-state index in [-0.39, 0.29) is 0 Å². The molecule has 2 N–H and O–H groups in total. The fraction of sp³-hybridized carbons (Fsp3) is 0.400. The van der Waals surface area contributed by atoms with Gasteiger partial charge in [0, 0.05) is 20.5 Å². The fourth-order valence-corrected chi connectivity index (χ4v) is 1.97. The van der Waals surface area contributed by atoms with Crippen LogP contribution in [0.5, 0.6) is 11.5 Å². The highest BCUT2D eigenvalue weighted by atomic mass is 16.5. The van der Waals surface area contributed by atoms with Gasteiger partial charge in [0.2, 0.25) is 5.89 Å². The summed E-state index contributed by atoms with van der Waals surface area (Å²) in [6.45, 7) is 2.77. The quantitative estimate of drug-likeness (QED) is 0.611.